The first kappa shape index (κ1) is 12.8. The molecule has 0 saturated heterocycles. The number of nitrogens with two attached hydrogens (primary N) is 1. The number of hydrogen-bond acceptors (Lipinski definition) is 3. The van der Waals surface area contributed by atoms with Gasteiger partial charge in [0.2, 0.25) is 0 Å². The molecule has 2 N–H and O–H groups in total. The van der Waals surface area contributed by atoms with Crippen molar-refractivity contribution in [1.29, 1.82) is 0 Å². The monoisotopic (exact) mass is 313 g/mol. The van der Waals surface area contributed by atoms with Gasteiger partial charge >= 0.3 is 0 Å². The van der Waals surface area contributed by atoms with Gasteiger partial charge in [0.25, 0.3) is 0 Å². The summed E-state index contributed by atoms with van der Waals surface area (Å²) >= 11 is 5.22. The number of hydrogen-bond donors (Lipinski definition) is 1. The first-order chi connectivity index (χ1) is 8.17. The highest BCUT2D eigenvalue weighted by Crippen LogP contribution is 2.22. The summed E-state index contributed by atoms with van der Waals surface area (Å²) in [6.07, 6.45) is 5.82. The molecule has 2 aromatic rings. The number of thiophene rings is 1. The van der Waals surface area contributed by atoms with E-state index in [1.807, 2.05) is 6.33 Å². The maximum absolute atomic E-state index is 5.92. The third-order valence-electron chi connectivity index (χ3n) is 2.65. The fourth-order valence-corrected chi connectivity index (χ4v) is 3.12. The molecular weight excluding hydrogens is 298 g/mol. The van der Waals surface area contributed by atoms with E-state index in [0.29, 0.717) is 0 Å². The quantitative estimate of drug-likeness (QED) is 0.922. The van der Waals surface area contributed by atoms with Crippen LogP contribution in [0.4, 0.5) is 0 Å². The first-order valence-corrected chi connectivity index (χ1v) is 7.28. The molecule has 2 heterocycles. The van der Waals surface area contributed by atoms with E-state index in [0.717, 1.165) is 25.1 Å². The van der Waals surface area contributed by atoms with Gasteiger partial charge in [-0.2, -0.15) is 0 Å². The Morgan fingerprint density at radius 2 is 2.35 bits per heavy atom. The van der Waals surface area contributed by atoms with Gasteiger partial charge in [-0.1, -0.05) is 6.92 Å². The molecule has 92 valence electrons. The van der Waals surface area contributed by atoms with Crippen molar-refractivity contribution >= 4 is 27.3 Å². The van der Waals surface area contributed by atoms with Crippen LogP contribution in [0.1, 0.15) is 23.9 Å². The lowest BCUT2D eigenvalue weighted by molar-refractivity contribution is 0.638. The van der Waals surface area contributed by atoms with Crippen molar-refractivity contribution in [2.75, 3.05) is 0 Å². The topological polar surface area (TPSA) is 43.8 Å². The minimum atomic E-state index is 0.217. The zero-order valence-corrected chi connectivity index (χ0v) is 12.2. The van der Waals surface area contributed by atoms with E-state index in [9.17, 15) is 0 Å². The third kappa shape index (κ3) is 3.66. The van der Waals surface area contributed by atoms with Gasteiger partial charge in [-0.25, -0.2) is 4.98 Å². The average molecular weight is 314 g/mol. The standard InChI is InChI=1S/C12H16BrN3S/c1-2-9(14)5-10-6-16(8-15-10)7-11-3-4-12(13)17-11/h3-4,6,8-9H,2,5,7,14H2,1H3. The second kappa shape index (κ2) is 5.80. The van der Waals surface area contributed by atoms with Gasteiger partial charge in [0.15, 0.2) is 0 Å². The smallest absolute Gasteiger partial charge is 0.0952 e. The van der Waals surface area contributed by atoms with Crippen molar-refractivity contribution < 1.29 is 0 Å². The van der Waals surface area contributed by atoms with Gasteiger partial charge < -0.3 is 10.3 Å². The molecule has 1 unspecified atom stereocenters. The highest BCUT2D eigenvalue weighted by atomic mass is 79.9. The Balaban J connectivity index is 1.98. The molecule has 2 rings (SSSR count). The molecule has 3 nitrogen and oxygen atoms in total. The van der Waals surface area contributed by atoms with Gasteiger partial charge in [0.1, 0.15) is 0 Å². The van der Waals surface area contributed by atoms with Gasteiger partial charge in [0, 0.05) is 23.5 Å². The van der Waals surface area contributed by atoms with E-state index in [2.05, 4.69) is 50.7 Å². The Hall–Kier alpha value is -0.650. The van der Waals surface area contributed by atoms with Crippen molar-refractivity contribution in [2.24, 2.45) is 5.73 Å². The SMILES string of the molecule is CCC(N)Cc1cn(Cc2ccc(Br)s2)cn1. The molecule has 0 aliphatic carbocycles. The van der Waals surface area contributed by atoms with Crippen molar-refractivity contribution in [1.82, 2.24) is 9.55 Å². The van der Waals surface area contributed by atoms with Gasteiger partial charge in [-0.3, -0.25) is 0 Å². The Morgan fingerprint density at radius 3 is 3.00 bits per heavy atom. The van der Waals surface area contributed by atoms with Crippen molar-refractivity contribution in [3.05, 3.63) is 39.0 Å². The lowest BCUT2D eigenvalue weighted by Crippen LogP contribution is -2.21. The Bertz CT molecular complexity index is 478. The van der Waals surface area contributed by atoms with Gasteiger partial charge in [-0.15, -0.1) is 11.3 Å². The van der Waals surface area contributed by atoms with Crippen molar-refractivity contribution in [3.63, 3.8) is 0 Å². The summed E-state index contributed by atoms with van der Waals surface area (Å²) in [4.78, 5) is 5.70. The number of imidazole rings is 1. The van der Waals surface area contributed by atoms with Crippen LogP contribution in [0.5, 0.6) is 0 Å². The van der Waals surface area contributed by atoms with E-state index < -0.39 is 0 Å². The molecule has 0 bridgehead atoms. The highest BCUT2D eigenvalue weighted by molar-refractivity contribution is 9.11. The molecule has 0 aromatic carbocycles. The average Bonchev–Trinajstić information content (AvgIpc) is 2.89. The first-order valence-electron chi connectivity index (χ1n) is 5.68. The molecule has 0 aliphatic rings. The maximum atomic E-state index is 5.92. The predicted octanol–water partition coefficient (Wildman–Crippen LogP) is 3.04. The number of halogens is 1. The number of aromatic nitrogens is 2. The molecule has 0 fully saturated rings. The lowest BCUT2D eigenvalue weighted by Gasteiger charge is -2.04. The Morgan fingerprint density at radius 1 is 1.53 bits per heavy atom. The van der Waals surface area contributed by atoms with Crippen LogP contribution in [-0.2, 0) is 13.0 Å². The largest absolute Gasteiger partial charge is 0.332 e. The maximum Gasteiger partial charge on any atom is 0.0952 e. The third-order valence-corrected chi connectivity index (χ3v) is 4.26. The van der Waals surface area contributed by atoms with Gasteiger partial charge in [-0.05, 0) is 34.5 Å². The predicted molar refractivity (Wildman–Crippen MR) is 75.3 cm³/mol. The van der Waals surface area contributed by atoms with Crippen molar-refractivity contribution in [2.45, 2.75) is 32.4 Å². The van der Waals surface area contributed by atoms with E-state index in [1.165, 1.54) is 8.66 Å². The Kier molecular flexibility index (Phi) is 4.36. The number of rotatable bonds is 5. The zero-order valence-electron chi connectivity index (χ0n) is 9.77. The Labute approximate surface area is 114 Å². The lowest BCUT2D eigenvalue weighted by atomic mass is 10.1. The molecule has 0 radical (unpaired) electrons. The summed E-state index contributed by atoms with van der Waals surface area (Å²) in [5, 5.41) is 0. The molecular formula is C12H16BrN3S. The molecule has 0 saturated carbocycles. The summed E-state index contributed by atoms with van der Waals surface area (Å²) in [5.41, 5.74) is 7.00. The van der Waals surface area contributed by atoms with Crippen LogP contribution >= 0.6 is 27.3 Å². The van der Waals surface area contributed by atoms with Crippen LogP contribution in [0.25, 0.3) is 0 Å². The summed E-state index contributed by atoms with van der Waals surface area (Å²) < 4.78 is 3.27. The van der Waals surface area contributed by atoms with Crippen LogP contribution in [0.2, 0.25) is 0 Å². The summed E-state index contributed by atoms with van der Waals surface area (Å²) in [5.74, 6) is 0. The fraction of sp³-hybridized carbons (Fsp3) is 0.417. The van der Waals surface area contributed by atoms with Crippen LogP contribution in [0, 0.1) is 0 Å². The normalized spacial score (nSPS) is 12.9. The minimum Gasteiger partial charge on any atom is -0.332 e. The molecule has 0 spiro atoms. The van der Waals surface area contributed by atoms with Crippen LogP contribution in [0.15, 0.2) is 28.4 Å². The van der Waals surface area contributed by atoms with Crippen LogP contribution in [0.3, 0.4) is 0 Å². The van der Waals surface area contributed by atoms with Crippen LogP contribution < -0.4 is 5.73 Å². The number of nitrogens with zero attached hydrogens (tertiary/aromatic N) is 2. The molecule has 2 aromatic heterocycles. The molecule has 17 heavy (non-hydrogen) atoms. The van der Waals surface area contributed by atoms with E-state index in [1.54, 1.807) is 11.3 Å². The summed E-state index contributed by atoms with van der Waals surface area (Å²) in [6, 6.07) is 4.42. The molecule has 0 amide bonds. The van der Waals surface area contributed by atoms with Crippen molar-refractivity contribution in [3.8, 4) is 0 Å². The summed E-state index contributed by atoms with van der Waals surface area (Å²) in [6.45, 7) is 2.98. The van der Waals surface area contributed by atoms with E-state index in [4.69, 9.17) is 5.73 Å². The van der Waals surface area contributed by atoms with E-state index in [-0.39, 0.29) is 6.04 Å². The second-order valence-electron chi connectivity index (χ2n) is 4.12. The molecule has 5 heteroatoms. The second-order valence-corrected chi connectivity index (χ2v) is 6.66. The van der Waals surface area contributed by atoms with Crippen LogP contribution in [-0.4, -0.2) is 15.6 Å². The fourth-order valence-electron chi connectivity index (χ4n) is 1.63. The van der Waals surface area contributed by atoms with Gasteiger partial charge in [0.05, 0.1) is 22.4 Å². The highest BCUT2D eigenvalue weighted by Gasteiger charge is 2.05. The minimum absolute atomic E-state index is 0.217. The molecule has 1 atom stereocenters. The van der Waals surface area contributed by atoms with E-state index >= 15 is 0 Å². The summed E-state index contributed by atoms with van der Waals surface area (Å²) in [7, 11) is 0. The molecule has 0 aliphatic heterocycles. The zero-order chi connectivity index (χ0) is 12.3.